The molecule has 1 aromatic heterocycles. The van der Waals surface area contributed by atoms with Crippen LogP contribution in [0.3, 0.4) is 0 Å². The zero-order valence-electron chi connectivity index (χ0n) is 18.3. The largest absolute Gasteiger partial charge is 0.486 e. The van der Waals surface area contributed by atoms with E-state index in [1.165, 1.54) is 21.5 Å². The van der Waals surface area contributed by atoms with Crippen LogP contribution in [0.4, 0.5) is 13.2 Å². The third-order valence-electron chi connectivity index (χ3n) is 6.03. The Balaban J connectivity index is 1.35. The molecule has 0 aliphatic carbocycles. The van der Waals surface area contributed by atoms with Crippen LogP contribution in [0.2, 0.25) is 0 Å². The average molecular weight is 500 g/mol. The molecule has 3 heterocycles. The summed E-state index contributed by atoms with van der Waals surface area (Å²) in [6.45, 7) is 0.942. The smallest absolute Gasteiger partial charge is 0.416 e. The SMILES string of the molecule is CS(=O)(=O)N1CCC(COc2coc(CN3Cc4cc(C(F)(F)F)ccc4C3=O)cc2=O)CC1. The van der Waals surface area contributed by atoms with E-state index in [0.717, 1.165) is 24.5 Å². The van der Waals surface area contributed by atoms with Crippen LogP contribution in [0, 0.1) is 5.92 Å². The maximum Gasteiger partial charge on any atom is 0.416 e. The summed E-state index contributed by atoms with van der Waals surface area (Å²) >= 11 is 0. The van der Waals surface area contributed by atoms with Crippen molar-refractivity contribution >= 4 is 15.9 Å². The summed E-state index contributed by atoms with van der Waals surface area (Å²) in [6.07, 6.45) is -0.948. The molecule has 1 amide bonds. The summed E-state index contributed by atoms with van der Waals surface area (Å²) in [4.78, 5) is 26.3. The van der Waals surface area contributed by atoms with Gasteiger partial charge in [0.05, 0.1) is 25.0 Å². The zero-order valence-corrected chi connectivity index (χ0v) is 19.1. The molecule has 0 saturated carbocycles. The van der Waals surface area contributed by atoms with Gasteiger partial charge in [-0.2, -0.15) is 13.2 Å². The highest BCUT2D eigenvalue weighted by Gasteiger charge is 2.34. The molecule has 0 radical (unpaired) electrons. The van der Waals surface area contributed by atoms with Crippen molar-refractivity contribution in [3.63, 3.8) is 0 Å². The fourth-order valence-electron chi connectivity index (χ4n) is 4.12. The summed E-state index contributed by atoms with van der Waals surface area (Å²) in [5.74, 6) is -0.164. The van der Waals surface area contributed by atoms with Gasteiger partial charge >= 0.3 is 6.18 Å². The average Bonchev–Trinajstić information content (AvgIpc) is 3.07. The van der Waals surface area contributed by atoms with E-state index < -0.39 is 33.1 Å². The molecule has 1 saturated heterocycles. The number of fused-ring (bicyclic) bond motifs is 1. The summed E-state index contributed by atoms with van der Waals surface area (Å²) in [6, 6.07) is 4.19. The number of amides is 1. The minimum Gasteiger partial charge on any atom is -0.486 e. The van der Waals surface area contributed by atoms with E-state index in [1.54, 1.807) is 0 Å². The van der Waals surface area contributed by atoms with Gasteiger partial charge in [0.2, 0.25) is 21.2 Å². The van der Waals surface area contributed by atoms with Crippen molar-refractivity contribution < 1.29 is 35.5 Å². The quantitative estimate of drug-likeness (QED) is 0.605. The van der Waals surface area contributed by atoms with E-state index in [-0.39, 0.29) is 48.3 Å². The van der Waals surface area contributed by atoms with Gasteiger partial charge in [-0.05, 0) is 42.5 Å². The molecule has 12 heteroatoms. The first-order valence-electron chi connectivity index (χ1n) is 10.6. The van der Waals surface area contributed by atoms with Gasteiger partial charge in [0, 0.05) is 31.3 Å². The summed E-state index contributed by atoms with van der Waals surface area (Å²) in [5.41, 5.74) is -0.810. The second kappa shape index (κ2) is 9.06. The van der Waals surface area contributed by atoms with Crippen LogP contribution in [0.5, 0.6) is 5.75 Å². The lowest BCUT2D eigenvalue weighted by molar-refractivity contribution is -0.137. The Hall–Kier alpha value is -2.86. The normalized spacial score (nSPS) is 17.8. The highest BCUT2D eigenvalue weighted by Crippen LogP contribution is 2.33. The Morgan fingerprint density at radius 2 is 1.85 bits per heavy atom. The molecule has 0 spiro atoms. The number of nitrogens with zero attached hydrogens (tertiary/aromatic N) is 2. The number of hydrogen-bond acceptors (Lipinski definition) is 6. The Morgan fingerprint density at radius 3 is 2.47 bits per heavy atom. The Bertz CT molecular complexity index is 1250. The van der Waals surface area contributed by atoms with Crippen molar-refractivity contribution in [1.29, 1.82) is 0 Å². The van der Waals surface area contributed by atoms with Crippen LogP contribution < -0.4 is 10.2 Å². The molecule has 184 valence electrons. The van der Waals surface area contributed by atoms with Crippen LogP contribution in [-0.4, -0.2) is 49.5 Å². The van der Waals surface area contributed by atoms with Gasteiger partial charge in [0.1, 0.15) is 12.0 Å². The minimum atomic E-state index is -4.50. The lowest BCUT2D eigenvalue weighted by Gasteiger charge is -2.29. The third-order valence-corrected chi connectivity index (χ3v) is 7.33. The third kappa shape index (κ3) is 5.27. The molecule has 0 bridgehead atoms. The fourth-order valence-corrected chi connectivity index (χ4v) is 4.99. The van der Waals surface area contributed by atoms with Crippen molar-refractivity contribution in [2.75, 3.05) is 26.0 Å². The van der Waals surface area contributed by atoms with Crippen LogP contribution in [0.1, 0.15) is 40.1 Å². The van der Waals surface area contributed by atoms with Crippen LogP contribution >= 0.6 is 0 Å². The van der Waals surface area contributed by atoms with Gasteiger partial charge in [-0.3, -0.25) is 9.59 Å². The van der Waals surface area contributed by atoms with Crippen LogP contribution in [-0.2, 0) is 29.3 Å². The second-order valence-corrected chi connectivity index (χ2v) is 10.5. The molecule has 4 rings (SSSR count). The number of sulfonamides is 1. The van der Waals surface area contributed by atoms with Crippen LogP contribution in [0.15, 0.2) is 39.7 Å². The number of rotatable bonds is 6. The minimum absolute atomic E-state index is 0.000135. The van der Waals surface area contributed by atoms with Gasteiger partial charge in [0.15, 0.2) is 0 Å². The summed E-state index contributed by atoms with van der Waals surface area (Å²) < 4.78 is 74.4. The predicted octanol–water partition coefficient (Wildman–Crippen LogP) is 2.87. The monoisotopic (exact) mass is 500 g/mol. The molecular weight excluding hydrogens is 477 g/mol. The van der Waals surface area contributed by atoms with Crippen LogP contribution in [0.25, 0.3) is 0 Å². The molecule has 2 aliphatic heterocycles. The molecular formula is C22H23F3N2O6S. The Kier molecular flexibility index (Phi) is 6.47. The molecule has 1 aromatic carbocycles. The van der Waals surface area contributed by atoms with Crippen molar-refractivity contribution in [3.05, 3.63) is 63.2 Å². The van der Waals surface area contributed by atoms with E-state index in [1.807, 2.05) is 0 Å². The molecule has 1 fully saturated rings. The topological polar surface area (TPSA) is 97.1 Å². The van der Waals surface area contributed by atoms with Gasteiger partial charge in [0.25, 0.3) is 5.91 Å². The molecule has 8 nitrogen and oxygen atoms in total. The van der Waals surface area contributed by atoms with E-state index in [2.05, 4.69) is 0 Å². The van der Waals surface area contributed by atoms with Crippen molar-refractivity contribution in [3.8, 4) is 5.75 Å². The summed E-state index contributed by atoms with van der Waals surface area (Å²) in [7, 11) is -3.22. The first kappa shape index (κ1) is 24.3. The van der Waals surface area contributed by atoms with Gasteiger partial charge in [-0.15, -0.1) is 0 Å². The van der Waals surface area contributed by atoms with Crippen molar-refractivity contribution in [2.24, 2.45) is 5.92 Å². The number of benzene rings is 1. The molecule has 34 heavy (non-hydrogen) atoms. The number of ether oxygens (including phenoxy) is 1. The van der Waals surface area contributed by atoms with E-state index in [9.17, 15) is 31.2 Å². The van der Waals surface area contributed by atoms with E-state index >= 15 is 0 Å². The second-order valence-electron chi connectivity index (χ2n) is 8.52. The Morgan fingerprint density at radius 1 is 1.15 bits per heavy atom. The number of hydrogen-bond donors (Lipinski definition) is 0. The molecule has 0 N–H and O–H groups in total. The molecule has 2 aromatic rings. The number of piperidine rings is 1. The standard InChI is InChI=1S/C22H23F3N2O6S/c1-34(30,31)27-6-4-14(5-7-27)12-33-20-13-32-17(9-19(20)28)11-26-10-15-8-16(22(23,24)25)2-3-18(15)21(26)29/h2-3,8-9,13-14H,4-7,10-12H2,1H3. The first-order chi connectivity index (χ1) is 15.9. The van der Waals surface area contributed by atoms with E-state index in [0.29, 0.717) is 25.9 Å². The highest BCUT2D eigenvalue weighted by molar-refractivity contribution is 7.88. The molecule has 0 unspecified atom stereocenters. The van der Waals surface area contributed by atoms with Gasteiger partial charge in [-0.25, -0.2) is 12.7 Å². The number of halogens is 3. The summed E-state index contributed by atoms with van der Waals surface area (Å²) in [5, 5.41) is 0. The molecule has 0 atom stereocenters. The van der Waals surface area contributed by atoms with Crippen molar-refractivity contribution in [1.82, 2.24) is 9.21 Å². The molecule has 2 aliphatic rings. The maximum absolute atomic E-state index is 12.9. The fraction of sp³-hybridized carbons (Fsp3) is 0.455. The zero-order chi connectivity index (χ0) is 24.7. The van der Waals surface area contributed by atoms with Gasteiger partial charge < -0.3 is 14.1 Å². The number of carbonyl (C=O) groups excluding carboxylic acids is 1. The van der Waals surface area contributed by atoms with Crippen molar-refractivity contribution in [2.45, 2.75) is 32.1 Å². The van der Waals surface area contributed by atoms with E-state index in [4.69, 9.17) is 9.15 Å². The Labute approximate surface area is 194 Å². The predicted molar refractivity (Wildman–Crippen MR) is 115 cm³/mol. The lowest BCUT2D eigenvalue weighted by atomic mass is 9.99. The number of carbonyl (C=O) groups is 1. The van der Waals surface area contributed by atoms with Gasteiger partial charge in [-0.1, -0.05) is 0 Å². The first-order valence-corrected chi connectivity index (χ1v) is 12.5. The lowest BCUT2D eigenvalue weighted by Crippen LogP contribution is -2.39. The highest BCUT2D eigenvalue weighted by atomic mass is 32.2. The number of alkyl halides is 3. The maximum atomic E-state index is 12.9.